The number of fused-ring (bicyclic) bond motifs is 1. The number of halogens is 4. The summed E-state index contributed by atoms with van der Waals surface area (Å²) in [5.74, 6) is -2.28. The molecule has 10 rings (SSSR count). The molecule has 88 heavy (non-hydrogen) atoms. The lowest BCUT2D eigenvalue weighted by molar-refractivity contribution is -0.139. The van der Waals surface area contributed by atoms with Gasteiger partial charge in [0, 0.05) is 128 Å². The molecule has 1 aliphatic carbocycles. The number of anilines is 3. The zero-order valence-electron chi connectivity index (χ0n) is 49.0. The molecule has 18 nitrogen and oxygen atoms in total. The minimum absolute atomic E-state index is 0.0282. The Bertz CT molecular complexity index is 3640. The number of sulfone groups is 1. The van der Waals surface area contributed by atoms with E-state index in [1.807, 2.05) is 47.2 Å². The van der Waals surface area contributed by atoms with Crippen molar-refractivity contribution < 1.29 is 54.3 Å². The highest BCUT2D eigenvalue weighted by Gasteiger charge is 2.49. The monoisotopic (exact) mass is 1290 g/mol. The fourth-order valence-corrected chi connectivity index (χ4v) is 15.4. The van der Waals surface area contributed by atoms with Crippen LogP contribution in [0.5, 0.6) is 0 Å². The molecule has 5 aromatic carbocycles. The minimum atomic E-state index is -6.14. The number of aliphatic hydroxyl groups is 1. The molecule has 5 aromatic rings. The number of benzene rings is 5. The number of amides is 4. The van der Waals surface area contributed by atoms with Crippen molar-refractivity contribution in [3.8, 4) is 0 Å². The quantitative estimate of drug-likeness (QED) is 0.0248. The number of nitrogens with one attached hydrogen (secondary N) is 4. The number of aliphatic hydroxyl groups excluding tert-OH is 1. The van der Waals surface area contributed by atoms with Crippen LogP contribution in [0.1, 0.15) is 96.9 Å². The number of allylic oxidation sites excluding steroid dienone is 1. The lowest BCUT2D eigenvalue weighted by Gasteiger charge is -2.39. The fraction of sp³-hybridized carbons (Fsp3) is 0.429. The van der Waals surface area contributed by atoms with Gasteiger partial charge in [-0.3, -0.25) is 34.3 Å². The summed E-state index contributed by atoms with van der Waals surface area (Å²) in [5, 5.41) is 20.6. The van der Waals surface area contributed by atoms with E-state index >= 15 is 0 Å². The predicted octanol–water partition coefficient (Wildman–Crippen LogP) is 8.87. The molecule has 0 bridgehead atoms. The molecule has 0 radical (unpaired) electrons. The maximum absolute atomic E-state index is 14.5. The zero-order chi connectivity index (χ0) is 62.5. The third-order valence-corrected chi connectivity index (χ3v) is 21.4. The number of carbonyl (C=O) groups is 4. The highest BCUT2D eigenvalue weighted by atomic mass is 35.5. The molecule has 3 atom stereocenters. The summed E-state index contributed by atoms with van der Waals surface area (Å²) in [4.78, 5) is 60.3. The molecule has 2 unspecified atom stereocenters. The molecule has 0 spiro atoms. The van der Waals surface area contributed by atoms with Crippen molar-refractivity contribution in [3.63, 3.8) is 0 Å². The summed E-state index contributed by atoms with van der Waals surface area (Å²) >= 11 is 7.64. The lowest BCUT2D eigenvalue weighted by atomic mass is 9.73. The molecule has 25 heteroatoms. The Labute approximate surface area is 521 Å². The van der Waals surface area contributed by atoms with Crippen molar-refractivity contribution >= 4 is 89.5 Å². The van der Waals surface area contributed by atoms with Crippen molar-refractivity contribution in [1.82, 2.24) is 29.6 Å². The van der Waals surface area contributed by atoms with Crippen LogP contribution in [-0.2, 0) is 29.4 Å². The van der Waals surface area contributed by atoms with Crippen molar-refractivity contribution in [2.24, 2.45) is 5.41 Å². The van der Waals surface area contributed by atoms with Crippen molar-refractivity contribution in [3.05, 3.63) is 148 Å². The predicted molar refractivity (Wildman–Crippen MR) is 334 cm³/mol. The van der Waals surface area contributed by atoms with Gasteiger partial charge in [-0.15, -0.1) is 11.8 Å². The van der Waals surface area contributed by atoms with Gasteiger partial charge in [0.15, 0.2) is 6.23 Å². The van der Waals surface area contributed by atoms with E-state index in [1.165, 1.54) is 40.6 Å². The van der Waals surface area contributed by atoms with Crippen LogP contribution in [0, 0.1) is 5.41 Å². The molecule has 5 N–H and O–H groups in total. The van der Waals surface area contributed by atoms with Crippen LogP contribution in [0.25, 0.3) is 5.57 Å². The Balaban J connectivity index is 0.740. The molecule has 0 aromatic heterocycles. The van der Waals surface area contributed by atoms with E-state index in [9.17, 15) is 54.3 Å². The molecule has 5 aliphatic rings. The number of nitrogens with zero attached hydrogens (tertiary/aromatic N) is 5. The number of imide groups is 1. The van der Waals surface area contributed by atoms with E-state index in [4.69, 9.17) is 11.6 Å². The second-order valence-corrected chi connectivity index (χ2v) is 28.9. The topological polar surface area (TPSA) is 221 Å². The number of sulfonamides is 1. The Morgan fingerprint density at radius 3 is 2.17 bits per heavy atom. The molecule has 470 valence electrons. The molecule has 4 aliphatic heterocycles. The van der Waals surface area contributed by atoms with Crippen LogP contribution < -0.4 is 25.6 Å². The third-order valence-electron chi connectivity index (χ3n) is 17.1. The molecule has 3 fully saturated rings. The lowest BCUT2D eigenvalue weighted by Crippen LogP contribution is -2.53. The van der Waals surface area contributed by atoms with E-state index < -0.39 is 82.8 Å². The molecule has 3 saturated heterocycles. The second kappa shape index (κ2) is 27.3. The number of alkyl halides is 3. The largest absolute Gasteiger partial charge is 0.501 e. The van der Waals surface area contributed by atoms with E-state index in [-0.39, 0.29) is 29.4 Å². The van der Waals surface area contributed by atoms with Crippen LogP contribution in [0.4, 0.5) is 30.2 Å². The number of piperazine rings is 2. The van der Waals surface area contributed by atoms with Crippen LogP contribution in [0.2, 0.25) is 5.02 Å². The van der Waals surface area contributed by atoms with Gasteiger partial charge in [-0.1, -0.05) is 67.4 Å². The fourth-order valence-electron chi connectivity index (χ4n) is 12.3. The normalized spacial score (nSPS) is 20.2. The zero-order valence-corrected chi connectivity index (χ0v) is 52.2. The first-order valence-corrected chi connectivity index (χ1v) is 33.9. The first kappa shape index (κ1) is 64.5. The van der Waals surface area contributed by atoms with Crippen molar-refractivity contribution in [2.75, 3.05) is 99.8 Å². The smallest absolute Gasteiger partial charge is 0.385 e. The highest BCUT2D eigenvalue weighted by molar-refractivity contribution is 7.99. The van der Waals surface area contributed by atoms with Crippen LogP contribution in [0.15, 0.2) is 136 Å². The van der Waals surface area contributed by atoms with E-state index in [2.05, 4.69) is 61.5 Å². The first-order valence-electron chi connectivity index (χ1n) is 29.6. The summed E-state index contributed by atoms with van der Waals surface area (Å²) in [6.45, 7) is 13.0. The van der Waals surface area contributed by atoms with Crippen molar-refractivity contribution in [2.45, 2.75) is 97.3 Å². The highest BCUT2D eigenvalue weighted by Crippen LogP contribution is 2.44. The number of thioether (sulfide) groups is 1. The van der Waals surface area contributed by atoms with E-state index in [0.29, 0.717) is 93.3 Å². The summed E-state index contributed by atoms with van der Waals surface area (Å²) < 4.78 is 99.9. The maximum Gasteiger partial charge on any atom is 0.501 e. The Kier molecular flexibility index (Phi) is 20.0. The molecular weight excluding hydrogens is 1220 g/mol. The van der Waals surface area contributed by atoms with Gasteiger partial charge in [0.1, 0.15) is 10.9 Å². The Hall–Kier alpha value is -6.51. The number of piperidine rings is 1. The van der Waals surface area contributed by atoms with Gasteiger partial charge in [-0.25, -0.2) is 21.6 Å². The number of hydrogen-bond acceptors (Lipinski definition) is 16. The average molecular weight is 1290 g/mol. The van der Waals surface area contributed by atoms with Crippen molar-refractivity contribution in [1.29, 1.82) is 0 Å². The van der Waals surface area contributed by atoms with Gasteiger partial charge in [0.2, 0.25) is 11.8 Å². The van der Waals surface area contributed by atoms with Gasteiger partial charge in [0.05, 0.1) is 10.6 Å². The molecular formula is C63H73ClF3N9O9S3. The molecule has 0 saturated carbocycles. The van der Waals surface area contributed by atoms with Gasteiger partial charge in [0.25, 0.3) is 31.7 Å². The first-order chi connectivity index (χ1) is 41.9. The Morgan fingerprint density at radius 2 is 1.49 bits per heavy atom. The summed E-state index contributed by atoms with van der Waals surface area (Å²) in [5.41, 5.74) is -0.00910. The maximum atomic E-state index is 14.5. The van der Waals surface area contributed by atoms with Crippen LogP contribution in [-0.4, -0.2) is 167 Å². The van der Waals surface area contributed by atoms with Crippen LogP contribution in [0.3, 0.4) is 0 Å². The standard InChI is InChI=1S/C63H73ClF3N9O9S3/c1-62(2)26-24-50(42-12-16-45(64)17-13-42)44(39-62)40-74-34-36-75(37-35-74)47-18-14-43(15-19-47)58(78)71-88(84,85)49-20-21-52(55(38-49)87(82,83)63(65,66)67)69-46(41-86-48-8-4-3-5-9-48)25-29-73-32-30-72(31-33-73)28-7-27-68-53-11-6-10-51-57(53)61(81)76(60(51)80)54-22-23-56(77)70-59(54)79/h3-6,8-21,38,46,54,61,68-69,81H,7,22-37,39-41H2,1-2H3,(H,71,78)(H,70,77,79)/t46-,54?,61?/m1/s1. The number of hydrogen-bond donors (Lipinski definition) is 5. The van der Waals surface area contributed by atoms with Gasteiger partial charge in [-0.05, 0) is 140 Å². The molecule has 4 heterocycles. The number of carbonyl (C=O) groups excluding carboxylic acids is 4. The SMILES string of the molecule is CC1(C)CCC(c2ccc(Cl)cc2)=C(CN2CCN(c3ccc(C(=O)NS(=O)(=O)c4ccc(N[C@H](CCN5CCN(CCCNc6cccc7c6C(O)N(C6CCC(=O)NC6=O)C7=O)CC5)CSc5ccccc5)c(S(=O)(=O)C(F)(F)F)c4)cc3)CC2)C1. The summed E-state index contributed by atoms with van der Waals surface area (Å²) in [6, 6.07) is 29.6. The van der Waals surface area contributed by atoms with E-state index in [1.54, 1.807) is 30.3 Å². The van der Waals surface area contributed by atoms with Gasteiger partial charge in [-0.2, -0.15) is 13.2 Å². The van der Waals surface area contributed by atoms with E-state index in [0.717, 1.165) is 73.1 Å². The average Bonchev–Trinajstić information content (AvgIpc) is 1.68. The second-order valence-electron chi connectivity index (χ2n) is 23.8. The summed E-state index contributed by atoms with van der Waals surface area (Å²) in [6.07, 6.45) is 2.99. The van der Waals surface area contributed by atoms with Gasteiger partial charge >= 0.3 is 5.51 Å². The molecule has 4 amide bonds. The summed E-state index contributed by atoms with van der Waals surface area (Å²) in [7, 11) is -11.1. The van der Waals surface area contributed by atoms with Crippen LogP contribution >= 0.6 is 23.4 Å². The Morgan fingerprint density at radius 1 is 0.807 bits per heavy atom. The van der Waals surface area contributed by atoms with Gasteiger partial charge < -0.3 is 30.4 Å². The minimum Gasteiger partial charge on any atom is -0.385 e. The third kappa shape index (κ3) is 15.2. The number of rotatable bonds is 22.